The Morgan fingerprint density at radius 1 is 1.04 bits per heavy atom. The molecule has 0 radical (unpaired) electrons. The third-order valence-electron chi connectivity index (χ3n) is 3.87. The average Bonchev–Trinajstić information content (AvgIpc) is 2.57. The van der Waals surface area contributed by atoms with Gasteiger partial charge < -0.3 is 0 Å². The number of hydrogen-bond acceptors (Lipinski definition) is 4. The summed E-state index contributed by atoms with van der Waals surface area (Å²) in [5.41, 5.74) is 5.48. The smallest absolute Gasteiger partial charge is 0.240 e. The number of hydrazine groups is 1. The van der Waals surface area contributed by atoms with Crippen LogP contribution in [0.1, 0.15) is 17.5 Å². The summed E-state index contributed by atoms with van der Waals surface area (Å²) in [4.78, 5) is 12.2. The van der Waals surface area contributed by atoms with E-state index in [1.807, 2.05) is 44.2 Å². The van der Waals surface area contributed by atoms with Gasteiger partial charge in [-0.1, -0.05) is 24.3 Å². The normalized spacial score (nSPS) is 11.2. The molecule has 6 nitrogen and oxygen atoms in total. The molecular formula is C18H23N3O3S. The predicted molar refractivity (Wildman–Crippen MR) is 98.7 cm³/mol. The average molecular weight is 361 g/mol. The molecule has 0 aromatic heterocycles. The van der Waals surface area contributed by atoms with E-state index in [1.54, 1.807) is 30.3 Å². The molecule has 0 heterocycles. The van der Waals surface area contributed by atoms with Gasteiger partial charge in [0.25, 0.3) is 0 Å². The van der Waals surface area contributed by atoms with Gasteiger partial charge in [-0.05, 0) is 49.2 Å². The van der Waals surface area contributed by atoms with Crippen molar-refractivity contribution in [3.63, 3.8) is 0 Å². The number of anilines is 1. The van der Waals surface area contributed by atoms with Crippen molar-refractivity contribution in [2.45, 2.75) is 25.2 Å². The molecule has 2 N–H and O–H groups in total. The lowest BCUT2D eigenvalue weighted by Crippen LogP contribution is -2.40. The van der Waals surface area contributed by atoms with Crippen LogP contribution in [-0.2, 0) is 14.8 Å². The molecule has 0 unspecified atom stereocenters. The molecule has 134 valence electrons. The number of carbonyl (C=O) groups excluding carboxylic acids is 1. The second-order valence-corrected chi connectivity index (χ2v) is 7.59. The molecule has 0 fully saturated rings. The number of para-hydroxylation sites is 1. The molecular weight excluding hydrogens is 338 g/mol. The molecule has 0 atom stereocenters. The molecule has 0 aliphatic carbocycles. The van der Waals surface area contributed by atoms with Gasteiger partial charge in [-0.25, -0.2) is 13.1 Å². The van der Waals surface area contributed by atoms with E-state index >= 15 is 0 Å². The fourth-order valence-corrected chi connectivity index (χ4v) is 3.34. The summed E-state index contributed by atoms with van der Waals surface area (Å²) in [6, 6.07) is 14.3. The van der Waals surface area contributed by atoms with Gasteiger partial charge in [0.1, 0.15) is 0 Å². The first kappa shape index (κ1) is 19.0. The molecule has 0 bridgehead atoms. The van der Waals surface area contributed by atoms with Crippen molar-refractivity contribution in [2.24, 2.45) is 0 Å². The van der Waals surface area contributed by atoms with Crippen LogP contribution in [0, 0.1) is 13.8 Å². The molecule has 2 rings (SSSR count). The van der Waals surface area contributed by atoms with Crippen LogP contribution in [0.2, 0.25) is 0 Å². The molecule has 0 aliphatic rings. The summed E-state index contributed by atoms with van der Waals surface area (Å²) in [7, 11) is -1.89. The molecule has 0 spiro atoms. The highest BCUT2D eigenvalue weighted by Gasteiger charge is 2.15. The van der Waals surface area contributed by atoms with E-state index in [0.717, 1.165) is 16.8 Å². The van der Waals surface area contributed by atoms with Crippen LogP contribution < -0.4 is 15.2 Å². The number of rotatable bonds is 7. The zero-order valence-electron chi connectivity index (χ0n) is 14.6. The first-order chi connectivity index (χ1) is 11.8. The highest BCUT2D eigenvalue weighted by molar-refractivity contribution is 7.89. The van der Waals surface area contributed by atoms with E-state index in [4.69, 9.17) is 0 Å². The van der Waals surface area contributed by atoms with Crippen molar-refractivity contribution in [3.05, 3.63) is 59.7 Å². The number of benzene rings is 2. The van der Waals surface area contributed by atoms with E-state index in [1.165, 1.54) is 0 Å². The summed E-state index contributed by atoms with van der Waals surface area (Å²) < 4.78 is 27.0. The van der Waals surface area contributed by atoms with Gasteiger partial charge in [0.2, 0.25) is 15.9 Å². The minimum Gasteiger partial charge on any atom is -0.289 e. The highest BCUT2D eigenvalue weighted by Crippen LogP contribution is 2.14. The summed E-state index contributed by atoms with van der Waals surface area (Å²) in [5.74, 6) is -0.269. The zero-order valence-corrected chi connectivity index (χ0v) is 15.4. The summed E-state index contributed by atoms with van der Waals surface area (Å²) in [5, 5.41) is 1.60. The van der Waals surface area contributed by atoms with Crippen LogP contribution in [0.4, 0.5) is 5.69 Å². The monoisotopic (exact) mass is 361 g/mol. The summed E-state index contributed by atoms with van der Waals surface area (Å²) in [6.07, 6.45) is 0.0429. The lowest BCUT2D eigenvalue weighted by Gasteiger charge is -2.20. The Bertz CT molecular complexity index is 836. The molecule has 2 aromatic carbocycles. The van der Waals surface area contributed by atoms with Crippen LogP contribution >= 0.6 is 0 Å². The van der Waals surface area contributed by atoms with Crippen molar-refractivity contribution in [1.82, 2.24) is 10.1 Å². The van der Waals surface area contributed by atoms with Gasteiger partial charge in [-0.2, -0.15) is 0 Å². The van der Waals surface area contributed by atoms with E-state index in [2.05, 4.69) is 10.1 Å². The molecule has 0 saturated heterocycles. The second-order valence-electron chi connectivity index (χ2n) is 5.82. The molecule has 25 heavy (non-hydrogen) atoms. The third-order valence-corrected chi connectivity index (χ3v) is 5.33. The van der Waals surface area contributed by atoms with E-state index < -0.39 is 10.0 Å². The van der Waals surface area contributed by atoms with E-state index in [9.17, 15) is 13.2 Å². The van der Waals surface area contributed by atoms with Gasteiger partial charge in [-0.15, -0.1) is 0 Å². The molecule has 1 amide bonds. The quantitative estimate of drug-likeness (QED) is 0.741. The number of amides is 1. The van der Waals surface area contributed by atoms with Crippen molar-refractivity contribution in [2.75, 3.05) is 18.6 Å². The zero-order chi connectivity index (χ0) is 18.4. The van der Waals surface area contributed by atoms with Gasteiger partial charge in [0, 0.05) is 20.0 Å². The van der Waals surface area contributed by atoms with Crippen molar-refractivity contribution in [3.8, 4) is 0 Å². The van der Waals surface area contributed by atoms with Crippen LogP contribution in [-0.4, -0.2) is 27.9 Å². The maximum absolute atomic E-state index is 12.3. The molecule has 7 heteroatoms. The number of nitrogens with zero attached hydrogens (tertiary/aromatic N) is 1. The Labute approximate surface area is 148 Å². The highest BCUT2D eigenvalue weighted by atomic mass is 32.2. The number of sulfonamides is 1. The van der Waals surface area contributed by atoms with Crippen molar-refractivity contribution >= 4 is 21.6 Å². The maximum atomic E-state index is 12.3. The van der Waals surface area contributed by atoms with Crippen LogP contribution in [0.15, 0.2) is 53.4 Å². The van der Waals surface area contributed by atoms with Crippen LogP contribution in [0.25, 0.3) is 0 Å². The largest absolute Gasteiger partial charge is 0.289 e. The number of nitrogens with one attached hydrogen (secondary N) is 2. The second kappa shape index (κ2) is 8.13. The first-order valence-corrected chi connectivity index (χ1v) is 9.43. The first-order valence-electron chi connectivity index (χ1n) is 7.95. The molecule has 0 aliphatic heterocycles. The Morgan fingerprint density at radius 2 is 1.72 bits per heavy atom. The summed E-state index contributed by atoms with van der Waals surface area (Å²) in [6.45, 7) is 3.82. The third kappa shape index (κ3) is 5.30. The standard InChI is InChI=1S/C18H23N3O3S/c1-14-9-10-17(13-15(14)2)25(23,24)19-12-11-18(22)20-21(3)16-7-5-4-6-8-16/h4-10,13,19H,11-12H2,1-3H3,(H,20,22). The fraction of sp³-hybridized carbons (Fsp3) is 0.278. The summed E-state index contributed by atoms with van der Waals surface area (Å²) >= 11 is 0. The lowest BCUT2D eigenvalue weighted by molar-refractivity contribution is -0.121. The van der Waals surface area contributed by atoms with Gasteiger partial charge in [0.15, 0.2) is 0 Å². The minimum atomic E-state index is -3.62. The number of aryl methyl sites for hydroxylation is 2. The van der Waals surface area contributed by atoms with Crippen LogP contribution in [0.5, 0.6) is 0 Å². The predicted octanol–water partition coefficient (Wildman–Crippen LogP) is 2.14. The Balaban J connectivity index is 1.86. The fourth-order valence-electron chi connectivity index (χ4n) is 2.22. The lowest BCUT2D eigenvalue weighted by atomic mass is 10.1. The SMILES string of the molecule is Cc1ccc(S(=O)(=O)NCCC(=O)NN(C)c2ccccc2)cc1C. The molecule has 0 saturated carbocycles. The minimum absolute atomic E-state index is 0.0315. The number of carbonyl (C=O) groups is 1. The Hall–Kier alpha value is -2.38. The number of hydrogen-bond donors (Lipinski definition) is 2. The van der Waals surface area contributed by atoms with E-state index in [-0.39, 0.29) is 23.8 Å². The van der Waals surface area contributed by atoms with Gasteiger partial charge in [-0.3, -0.25) is 15.2 Å². The Morgan fingerprint density at radius 3 is 2.36 bits per heavy atom. The van der Waals surface area contributed by atoms with E-state index in [0.29, 0.717) is 0 Å². The molecule has 2 aromatic rings. The van der Waals surface area contributed by atoms with Crippen molar-refractivity contribution in [1.29, 1.82) is 0 Å². The maximum Gasteiger partial charge on any atom is 0.240 e. The van der Waals surface area contributed by atoms with Crippen LogP contribution in [0.3, 0.4) is 0 Å². The van der Waals surface area contributed by atoms with Crippen molar-refractivity contribution < 1.29 is 13.2 Å². The van der Waals surface area contributed by atoms with Gasteiger partial charge in [0.05, 0.1) is 10.6 Å². The topological polar surface area (TPSA) is 78.5 Å². The van der Waals surface area contributed by atoms with Gasteiger partial charge >= 0.3 is 0 Å². The Kier molecular flexibility index (Phi) is 6.17.